The molecule has 36 heavy (non-hydrogen) atoms. The molecule has 1 aromatic heterocycles. The minimum absolute atomic E-state index is 0.00628. The van der Waals surface area contributed by atoms with E-state index in [1.165, 1.54) is 11.0 Å². The first-order valence-corrected chi connectivity index (χ1v) is 12.0. The topological polar surface area (TPSA) is 91.1 Å². The molecule has 2 amide bonds. The molecule has 6 rings (SSSR count). The van der Waals surface area contributed by atoms with Crippen molar-refractivity contribution in [2.24, 2.45) is 0 Å². The highest BCUT2D eigenvalue weighted by Crippen LogP contribution is 2.52. The summed E-state index contributed by atoms with van der Waals surface area (Å²) in [7, 11) is 0. The van der Waals surface area contributed by atoms with Gasteiger partial charge in [-0.05, 0) is 36.2 Å². The molecule has 0 bridgehead atoms. The van der Waals surface area contributed by atoms with E-state index in [1.54, 1.807) is 29.2 Å². The van der Waals surface area contributed by atoms with Crippen LogP contribution >= 0.6 is 11.6 Å². The third-order valence-corrected chi connectivity index (χ3v) is 7.16. The zero-order valence-corrected chi connectivity index (χ0v) is 19.9. The van der Waals surface area contributed by atoms with Crippen molar-refractivity contribution in [3.05, 3.63) is 110 Å². The second-order valence-electron chi connectivity index (χ2n) is 8.91. The van der Waals surface area contributed by atoms with Crippen LogP contribution < -0.4 is 10.3 Å². The molecule has 1 N–H and O–H groups in total. The Bertz CT molecular complexity index is 1600. The van der Waals surface area contributed by atoms with Crippen molar-refractivity contribution in [1.29, 1.82) is 0 Å². The van der Waals surface area contributed by atoms with E-state index in [0.717, 1.165) is 5.56 Å². The van der Waals surface area contributed by atoms with E-state index in [4.69, 9.17) is 16.0 Å². The fourth-order valence-corrected chi connectivity index (χ4v) is 5.59. The summed E-state index contributed by atoms with van der Waals surface area (Å²) in [6, 6.07) is 21.3. The molecule has 1 unspecified atom stereocenters. The predicted octanol–water partition coefficient (Wildman–Crippen LogP) is 4.08. The van der Waals surface area contributed by atoms with Crippen molar-refractivity contribution in [1.82, 2.24) is 4.90 Å². The fourth-order valence-electron chi connectivity index (χ4n) is 5.41. The molecular weight excluding hydrogens is 480 g/mol. The van der Waals surface area contributed by atoms with Gasteiger partial charge in [-0.25, -0.2) is 0 Å². The van der Waals surface area contributed by atoms with Gasteiger partial charge in [0.2, 0.25) is 5.76 Å². The average Bonchev–Trinajstić information content (AvgIpc) is 3.28. The van der Waals surface area contributed by atoms with Crippen LogP contribution in [-0.4, -0.2) is 35.0 Å². The molecule has 3 heterocycles. The first-order chi connectivity index (χ1) is 17.5. The number of fused-ring (bicyclic) bond motifs is 5. The van der Waals surface area contributed by atoms with Crippen molar-refractivity contribution in [2.45, 2.75) is 18.5 Å². The summed E-state index contributed by atoms with van der Waals surface area (Å²) in [5, 5.41) is 10.1. The van der Waals surface area contributed by atoms with E-state index in [1.807, 2.05) is 42.5 Å². The summed E-state index contributed by atoms with van der Waals surface area (Å²) in [6.45, 7) is 0.147. The Morgan fingerprint density at radius 2 is 1.69 bits per heavy atom. The van der Waals surface area contributed by atoms with Crippen LogP contribution in [0.1, 0.15) is 33.7 Å². The zero-order valence-electron chi connectivity index (χ0n) is 19.1. The minimum Gasteiger partial charge on any atom is -0.450 e. The first kappa shape index (κ1) is 22.5. The van der Waals surface area contributed by atoms with Gasteiger partial charge in [-0.15, -0.1) is 0 Å². The Morgan fingerprint density at radius 1 is 0.944 bits per heavy atom. The lowest BCUT2D eigenvalue weighted by Gasteiger charge is -2.34. The van der Waals surface area contributed by atoms with E-state index < -0.39 is 22.8 Å². The molecule has 0 saturated heterocycles. The van der Waals surface area contributed by atoms with E-state index in [-0.39, 0.29) is 48.4 Å². The van der Waals surface area contributed by atoms with Crippen molar-refractivity contribution in [3.8, 4) is 0 Å². The second kappa shape index (κ2) is 8.33. The van der Waals surface area contributed by atoms with Crippen LogP contribution in [0.3, 0.4) is 0 Å². The van der Waals surface area contributed by atoms with Crippen LogP contribution in [0, 0.1) is 0 Å². The van der Waals surface area contributed by atoms with Gasteiger partial charge in [0.15, 0.2) is 11.0 Å². The maximum atomic E-state index is 14.5. The summed E-state index contributed by atoms with van der Waals surface area (Å²) >= 11 is 6.18. The predicted molar refractivity (Wildman–Crippen MR) is 135 cm³/mol. The second-order valence-corrected chi connectivity index (χ2v) is 9.35. The molecule has 0 saturated carbocycles. The summed E-state index contributed by atoms with van der Waals surface area (Å²) in [5.41, 5.74) is 0.0872. The van der Waals surface area contributed by atoms with Gasteiger partial charge in [-0.1, -0.05) is 60.1 Å². The molecule has 0 aliphatic carbocycles. The molecule has 1 atom stereocenters. The smallest absolute Gasteiger partial charge is 0.291 e. The highest BCUT2D eigenvalue weighted by molar-refractivity contribution is 6.31. The Hall–Kier alpha value is -3.94. The number of benzene rings is 3. The lowest BCUT2D eigenvalue weighted by atomic mass is 9.84. The molecular formula is C28H21ClN2O5. The maximum absolute atomic E-state index is 14.5. The average molecular weight is 501 g/mol. The third-order valence-electron chi connectivity index (χ3n) is 6.92. The molecule has 2 aliphatic heterocycles. The van der Waals surface area contributed by atoms with Gasteiger partial charge in [0.25, 0.3) is 11.8 Å². The van der Waals surface area contributed by atoms with Crippen LogP contribution in [0.15, 0.2) is 82.0 Å². The number of hydrogen-bond donors (Lipinski definition) is 1. The standard InChI is InChI=1S/C28H21ClN2O5/c29-18-11-12-22-19(15-18)24(33)23-25(36-22)26(34)31(13-6-14-32)28(23)20-9-4-5-10-21(20)30(27(28)35)16-17-7-2-1-3-8-17/h1-5,7-12,15,32H,6,13-14,16H2. The number of halogens is 1. The van der Waals surface area contributed by atoms with Gasteiger partial charge in [-0.2, -0.15) is 0 Å². The molecule has 0 radical (unpaired) electrons. The highest BCUT2D eigenvalue weighted by atomic mass is 35.5. The van der Waals surface area contributed by atoms with Crippen LogP contribution in [0.5, 0.6) is 0 Å². The van der Waals surface area contributed by atoms with Crippen LogP contribution in [-0.2, 0) is 16.9 Å². The minimum atomic E-state index is -1.70. The molecule has 2 aliphatic rings. The number of aliphatic hydroxyl groups excluding tert-OH is 1. The Balaban J connectivity index is 1.66. The van der Waals surface area contributed by atoms with Gasteiger partial charge >= 0.3 is 0 Å². The summed E-state index contributed by atoms with van der Waals surface area (Å²) in [5.74, 6) is -1.12. The monoisotopic (exact) mass is 500 g/mol. The molecule has 8 heteroatoms. The molecule has 4 aromatic rings. The molecule has 7 nitrogen and oxygen atoms in total. The van der Waals surface area contributed by atoms with Crippen LogP contribution in [0.25, 0.3) is 11.0 Å². The van der Waals surface area contributed by atoms with Crippen LogP contribution in [0.4, 0.5) is 5.69 Å². The Morgan fingerprint density at radius 3 is 2.47 bits per heavy atom. The lowest BCUT2D eigenvalue weighted by molar-refractivity contribution is -0.126. The fraction of sp³-hybridized carbons (Fsp3) is 0.179. The maximum Gasteiger partial charge on any atom is 0.291 e. The number of nitrogens with zero attached hydrogens (tertiary/aromatic N) is 2. The van der Waals surface area contributed by atoms with Crippen molar-refractivity contribution in [2.75, 3.05) is 18.1 Å². The Labute approximate surface area is 211 Å². The number of anilines is 1. The third kappa shape index (κ3) is 3.00. The number of carbonyl (C=O) groups is 2. The van der Waals surface area contributed by atoms with E-state index in [0.29, 0.717) is 16.3 Å². The van der Waals surface area contributed by atoms with E-state index >= 15 is 0 Å². The molecule has 3 aromatic carbocycles. The number of amides is 2. The van der Waals surface area contributed by atoms with Gasteiger partial charge < -0.3 is 19.3 Å². The van der Waals surface area contributed by atoms with Crippen molar-refractivity contribution >= 4 is 40.1 Å². The van der Waals surface area contributed by atoms with Gasteiger partial charge in [0.1, 0.15) is 5.58 Å². The van der Waals surface area contributed by atoms with Gasteiger partial charge in [0.05, 0.1) is 23.2 Å². The SMILES string of the molecule is O=C1c2oc3ccc(Cl)cc3c(=O)c2C2(C(=O)N(Cc3ccccc3)c3ccccc32)N1CCCO. The molecule has 1 spiro atoms. The van der Waals surface area contributed by atoms with Crippen LogP contribution in [0.2, 0.25) is 5.02 Å². The first-order valence-electron chi connectivity index (χ1n) is 11.6. The zero-order chi connectivity index (χ0) is 25.0. The van der Waals surface area contributed by atoms with Crippen molar-refractivity contribution < 1.29 is 19.1 Å². The van der Waals surface area contributed by atoms with E-state index in [9.17, 15) is 19.5 Å². The number of rotatable bonds is 5. The number of para-hydroxylation sites is 1. The normalized spacial score (nSPS) is 18.4. The molecule has 0 fully saturated rings. The summed E-state index contributed by atoms with van der Waals surface area (Å²) in [4.78, 5) is 45.2. The number of hydrogen-bond acceptors (Lipinski definition) is 5. The Kier molecular flexibility index (Phi) is 5.21. The number of aliphatic hydroxyl groups is 1. The van der Waals surface area contributed by atoms with E-state index in [2.05, 4.69) is 0 Å². The van der Waals surface area contributed by atoms with Gasteiger partial charge in [-0.3, -0.25) is 14.4 Å². The van der Waals surface area contributed by atoms with Crippen molar-refractivity contribution in [3.63, 3.8) is 0 Å². The quantitative estimate of drug-likeness (QED) is 0.446. The molecule has 180 valence electrons. The highest BCUT2D eigenvalue weighted by Gasteiger charge is 2.64. The number of carbonyl (C=O) groups excluding carboxylic acids is 2. The van der Waals surface area contributed by atoms with Gasteiger partial charge in [0, 0.05) is 23.7 Å². The summed E-state index contributed by atoms with van der Waals surface area (Å²) in [6.07, 6.45) is 0.231. The summed E-state index contributed by atoms with van der Waals surface area (Å²) < 4.78 is 5.98. The largest absolute Gasteiger partial charge is 0.450 e. The lowest BCUT2D eigenvalue weighted by Crippen LogP contribution is -2.53.